The van der Waals surface area contributed by atoms with Gasteiger partial charge in [0.15, 0.2) is 0 Å². The molecule has 6 nitrogen and oxygen atoms in total. The lowest BCUT2D eigenvalue weighted by atomic mass is 10.2. The van der Waals surface area contributed by atoms with Gasteiger partial charge in [0.2, 0.25) is 0 Å². The first-order chi connectivity index (χ1) is 8.58. The monoisotopic (exact) mass is 247 g/mol. The van der Waals surface area contributed by atoms with E-state index in [0.717, 1.165) is 13.0 Å². The topological polar surface area (TPSA) is 85.0 Å². The molecule has 2 rings (SSSR count). The van der Waals surface area contributed by atoms with E-state index >= 15 is 0 Å². The minimum Gasteiger partial charge on any atom is -0.373 e. The third-order valence-corrected chi connectivity index (χ3v) is 3.20. The first-order valence-electron chi connectivity index (χ1n) is 5.88. The molecule has 96 valence electrons. The average Bonchev–Trinajstić information content (AvgIpc) is 2.91. The number of rotatable bonds is 3. The predicted molar refractivity (Wildman–Crippen MR) is 69.3 cm³/mol. The van der Waals surface area contributed by atoms with Crippen LogP contribution in [0.4, 0.5) is 5.82 Å². The van der Waals surface area contributed by atoms with Gasteiger partial charge in [0.1, 0.15) is 17.1 Å². The predicted octanol–water partition coefficient (Wildman–Crippen LogP) is -0.0721. The van der Waals surface area contributed by atoms with Crippen LogP contribution in [0.25, 0.3) is 0 Å². The van der Waals surface area contributed by atoms with E-state index < -0.39 is 5.91 Å². The van der Waals surface area contributed by atoms with Gasteiger partial charge in [-0.1, -0.05) is 0 Å². The van der Waals surface area contributed by atoms with Gasteiger partial charge in [0.05, 0.1) is 6.04 Å². The van der Waals surface area contributed by atoms with Crippen molar-refractivity contribution in [3.05, 3.63) is 11.3 Å². The molecule has 0 aromatic carbocycles. The quantitative estimate of drug-likeness (QED) is 0.653. The number of anilines is 1. The second-order valence-electron chi connectivity index (χ2n) is 4.47. The van der Waals surface area contributed by atoms with Crippen LogP contribution in [-0.2, 0) is 0 Å². The number of hydrogen-bond acceptors (Lipinski definition) is 4. The number of terminal acetylenes is 1. The Labute approximate surface area is 106 Å². The molecule has 1 aromatic rings. The molecule has 2 heterocycles. The molecule has 0 bridgehead atoms. The van der Waals surface area contributed by atoms with E-state index in [1.54, 1.807) is 11.7 Å². The molecule has 18 heavy (non-hydrogen) atoms. The normalized spacial score (nSPS) is 22.7. The van der Waals surface area contributed by atoms with Crippen LogP contribution in [0.3, 0.4) is 0 Å². The number of nitrogens with one attached hydrogen (secondary N) is 2. The molecular formula is C12H17N5O. The Morgan fingerprint density at radius 1 is 1.72 bits per heavy atom. The largest absolute Gasteiger partial charge is 0.373 e. The maximum Gasteiger partial charge on any atom is 0.255 e. The lowest BCUT2D eigenvalue weighted by molar-refractivity contribution is 0.100. The number of amides is 1. The fraction of sp³-hybridized carbons (Fsp3) is 0.500. The van der Waals surface area contributed by atoms with E-state index in [1.807, 2.05) is 0 Å². The summed E-state index contributed by atoms with van der Waals surface area (Å²) in [7, 11) is 1.73. The molecule has 4 N–H and O–H groups in total. The van der Waals surface area contributed by atoms with Gasteiger partial charge in [0, 0.05) is 19.6 Å². The van der Waals surface area contributed by atoms with Gasteiger partial charge in [0.25, 0.3) is 5.91 Å². The smallest absolute Gasteiger partial charge is 0.255 e. The van der Waals surface area contributed by atoms with Crippen molar-refractivity contribution in [2.45, 2.75) is 25.4 Å². The first kappa shape index (κ1) is 12.5. The maximum absolute atomic E-state index is 11.5. The Bertz CT molecular complexity index is 513. The van der Waals surface area contributed by atoms with E-state index in [2.05, 4.69) is 28.6 Å². The molecule has 0 aliphatic carbocycles. The van der Waals surface area contributed by atoms with Crippen LogP contribution in [0.15, 0.2) is 0 Å². The highest BCUT2D eigenvalue weighted by Crippen LogP contribution is 2.27. The SMILES string of the molecule is C#Cc1nn([C@@H]2CN[C@@H](C)C2)c(NC)c1C(N)=O. The fourth-order valence-electron chi connectivity index (χ4n) is 2.37. The van der Waals surface area contributed by atoms with Crippen LogP contribution >= 0.6 is 0 Å². The lowest BCUT2D eigenvalue weighted by Gasteiger charge is -2.13. The minimum atomic E-state index is -0.558. The molecule has 1 aromatic heterocycles. The molecule has 0 unspecified atom stereocenters. The summed E-state index contributed by atoms with van der Waals surface area (Å²) in [6.07, 6.45) is 6.32. The molecule has 0 spiro atoms. The van der Waals surface area contributed by atoms with Crippen molar-refractivity contribution in [1.29, 1.82) is 0 Å². The van der Waals surface area contributed by atoms with Crippen LogP contribution < -0.4 is 16.4 Å². The summed E-state index contributed by atoms with van der Waals surface area (Å²) in [4.78, 5) is 11.5. The minimum absolute atomic E-state index is 0.183. The van der Waals surface area contributed by atoms with E-state index in [-0.39, 0.29) is 6.04 Å². The van der Waals surface area contributed by atoms with Crippen molar-refractivity contribution < 1.29 is 4.79 Å². The molecule has 6 heteroatoms. The molecule has 1 aliphatic rings. The third-order valence-electron chi connectivity index (χ3n) is 3.20. The molecular weight excluding hydrogens is 230 g/mol. The van der Waals surface area contributed by atoms with Crippen LogP contribution in [-0.4, -0.2) is 35.3 Å². The Balaban J connectivity index is 2.48. The third kappa shape index (κ3) is 1.93. The summed E-state index contributed by atoms with van der Waals surface area (Å²) in [6, 6.07) is 0.609. The molecule has 1 fully saturated rings. The van der Waals surface area contributed by atoms with Crippen LogP contribution in [0.5, 0.6) is 0 Å². The van der Waals surface area contributed by atoms with Crippen molar-refractivity contribution in [2.24, 2.45) is 5.73 Å². The Morgan fingerprint density at radius 3 is 2.89 bits per heavy atom. The number of nitrogens with two attached hydrogens (primary N) is 1. The molecule has 0 saturated carbocycles. The molecule has 1 saturated heterocycles. The second-order valence-corrected chi connectivity index (χ2v) is 4.47. The van der Waals surface area contributed by atoms with Gasteiger partial charge in [-0.3, -0.25) is 4.79 Å². The highest BCUT2D eigenvalue weighted by Gasteiger charge is 2.28. The van der Waals surface area contributed by atoms with Crippen LogP contribution in [0.1, 0.15) is 35.4 Å². The Kier molecular flexibility index (Phi) is 3.26. The van der Waals surface area contributed by atoms with E-state index in [9.17, 15) is 4.79 Å². The number of primary amides is 1. The van der Waals surface area contributed by atoms with E-state index in [4.69, 9.17) is 12.2 Å². The number of hydrogen-bond donors (Lipinski definition) is 3. The Morgan fingerprint density at radius 2 is 2.44 bits per heavy atom. The summed E-state index contributed by atoms with van der Waals surface area (Å²) >= 11 is 0. The van der Waals surface area contributed by atoms with Crippen molar-refractivity contribution >= 4 is 11.7 Å². The number of carbonyl (C=O) groups excluding carboxylic acids is 1. The first-order valence-corrected chi connectivity index (χ1v) is 5.88. The van der Waals surface area contributed by atoms with Crippen molar-refractivity contribution in [3.8, 4) is 12.3 Å². The molecule has 0 radical (unpaired) electrons. The average molecular weight is 247 g/mol. The lowest BCUT2D eigenvalue weighted by Crippen LogP contribution is -2.19. The summed E-state index contributed by atoms with van der Waals surface area (Å²) in [6.45, 7) is 2.92. The second kappa shape index (κ2) is 4.70. The summed E-state index contributed by atoms with van der Waals surface area (Å²) in [5.74, 6) is 2.45. The zero-order chi connectivity index (χ0) is 13.3. The highest BCUT2D eigenvalue weighted by molar-refractivity contribution is 6.00. The Hall–Kier alpha value is -2.00. The van der Waals surface area contributed by atoms with Gasteiger partial charge >= 0.3 is 0 Å². The van der Waals surface area contributed by atoms with Gasteiger partial charge in [-0.25, -0.2) is 4.68 Å². The van der Waals surface area contributed by atoms with E-state index in [0.29, 0.717) is 23.1 Å². The summed E-state index contributed by atoms with van der Waals surface area (Å²) < 4.78 is 1.77. The fourth-order valence-corrected chi connectivity index (χ4v) is 2.37. The van der Waals surface area contributed by atoms with Crippen molar-refractivity contribution in [2.75, 3.05) is 18.9 Å². The van der Waals surface area contributed by atoms with Gasteiger partial charge in [-0.05, 0) is 19.3 Å². The van der Waals surface area contributed by atoms with Gasteiger partial charge in [-0.15, -0.1) is 6.42 Å². The van der Waals surface area contributed by atoms with Gasteiger partial charge < -0.3 is 16.4 Å². The highest BCUT2D eigenvalue weighted by atomic mass is 16.1. The van der Waals surface area contributed by atoms with Gasteiger partial charge in [-0.2, -0.15) is 5.10 Å². The number of aromatic nitrogens is 2. The summed E-state index contributed by atoms with van der Waals surface area (Å²) in [5, 5.41) is 10.6. The number of carbonyl (C=O) groups is 1. The van der Waals surface area contributed by atoms with Crippen LogP contribution in [0.2, 0.25) is 0 Å². The maximum atomic E-state index is 11.5. The standard InChI is InChI=1S/C12H17N5O/c1-4-9-10(11(13)18)12(14-3)17(16-9)8-5-7(2)15-6-8/h1,7-8,14-15H,5-6H2,2-3H3,(H2,13,18)/t7-,8-/m0/s1. The molecule has 2 atom stereocenters. The zero-order valence-corrected chi connectivity index (χ0v) is 10.5. The van der Waals surface area contributed by atoms with E-state index in [1.165, 1.54) is 0 Å². The molecule has 1 amide bonds. The molecule has 1 aliphatic heterocycles. The van der Waals surface area contributed by atoms with Crippen molar-refractivity contribution in [1.82, 2.24) is 15.1 Å². The number of nitrogens with zero attached hydrogens (tertiary/aromatic N) is 2. The summed E-state index contributed by atoms with van der Waals surface area (Å²) in [5.41, 5.74) is 5.95. The van der Waals surface area contributed by atoms with Crippen molar-refractivity contribution in [3.63, 3.8) is 0 Å². The van der Waals surface area contributed by atoms with Crippen LogP contribution in [0, 0.1) is 12.3 Å². The zero-order valence-electron chi connectivity index (χ0n) is 10.5.